The number of rotatable bonds is 3. The fraction of sp³-hybridized carbons (Fsp3) is 0.400. The Bertz CT molecular complexity index is 989. The van der Waals surface area contributed by atoms with Gasteiger partial charge < -0.3 is 4.90 Å². The Labute approximate surface area is 164 Å². The number of anilines is 1. The number of nitrogens with one attached hydrogen (secondary N) is 1. The van der Waals surface area contributed by atoms with E-state index in [2.05, 4.69) is 39.1 Å². The van der Waals surface area contributed by atoms with Gasteiger partial charge in [0.2, 0.25) is 5.95 Å². The van der Waals surface area contributed by atoms with Gasteiger partial charge in [-0.15, -0.1) is 0 Å². The smallest absolute Gasteiger partial charge is 0.322 e. The first-order chi connectivity index (χ1) is 13.5. The molecule has 3 heterocycles. The first-order valence-corrected chi connectivity index (χ1v) is 9.55. The van der Waals surface area contributed by atoms with Crippen LogP contribution in [0.3, 0.4) is 0 Å². The number of urea groups is 1. The SMILES string of the molecule is CC(C)N1CCN(C(=O)Nc2ncc3ccc(-c4cnn(C)c4)cc3n2)CC1. The van der Waals surface area contributed by atoms with Crippen LogP contribution in [0.25, 0.3) is 22.0 Å². The summed E-state index contributed by atoms with van der Waals surface area (Å²) in [6.45, 7) is 7.55. The van der Waals surface area contributed by atoms with E-state index in [1.165, 1.54) is 0 Å². The average molecular weight is 379 g/mol. The molecule has 0 radical (unpaired) electrons. The predicted octanol–water partition coefficient (Wildman–Crippen LogP) is 2.59. The van der Waals surface area contributed by atoms with Crippen LogP contribution in [-0.2, 0) is 7.05 Å². The monoisotopic (exact) mass is 379 g/mol. The lowest BCUT2D eigenvalue weighted by atomic mass is 10.1. The maximum atomic E-state index is 12.6. The molecule has 0 saturated carbocycles. The van der Waals surface area contributed by atoms with Crippen molar-refractivity contribution in [3.05, 3.63) is 36.8 Å². The van der Waals surface area contributed by atoms with Crippen LogP contribution in [0.5, 0.6) is 0 Å². The van der Waals surface area contributed by atoms with Gasteiger partial charge in [0, 0.05) is 62.6 Å². The summed E-state index contributed by atoms with van der Waals surface area (Å²) in [5.41, 5.74) is 2.84. The minimum absolute atomic E-state index is 0.147. The van der Waals surface area contributed by atoms with Gasteiger partial charge in [-0.25, -0.2) is 14.8 Å². The van der Waals surface area contributed by atoms with Crippen LogP contribution < -0.4 is 5.32 Å². The number of aromatic nitrogens is 4. The van der Waals surface area contributed by atoms with Crippen molar-refractivity contribution in [1.82, 2.24) is 29.5 Å². The number of hydrogen-bond donors (Lipinski definition) is 1. The van der Waals surface area contributed by atoms with E-state index in [1.54, 1.807) is 10.9 Å². The summed E-state index contributed by atoms with van der Waals surface area (Å²) >= 11 is 0. The van der Waals surface area contributed by atoms with E-state index in [4.69, 9.17) is 0 Å². The summed E-state index contributed by atoms with van der Waals surface area (Å²) in [6.07, 6.45) is 5.52. The normalized spacial score (nSPS) is 15.4. The molecule has 1 aliphatic rings. The second-order valence-corrected chi connectivity index (χ2v) is 7.42. The Morgan fingerprint density at radius 2 is 1.89 bits per heavy atom. The number of carbonyl (C=O) groups excluding carboxylic acids is 1. The van der Waals surface area contributed by atoms with Crippen LogP contribution in [0, 0.1) is 0 Å². The summed E-state index contributed by atoms with van der Waals surface area (Å²) < 4.78 is 1.77. The number of nitrogens with zero attached hydrogens (tertiary/aromatic N) is 6. The summed E-state index contributed by atoms with van der Waals surface area (Å²) in [7, 11) is 1.89. The molecule has 0 bridgehead atoms. The number of hydrogen-bond acceptors (Lipinski definition) is 5. The Balaban J connectivity index is 1.49. The Kier molecular flexibility index (Phi) is 4.95. The number of aryl methyl sites for hydroxylation is 1. The molecule has 0 atom stereocenters. The van der Waals surface area contributed by atoms with Gasteiger partial charge in [0.1, 0.15) is 0 Å². The third-order valence-corrected chi connectivity index (χ3v) is 5.17. The third-order valence-electron chi connectivity index (χ3n) is 5.17. The fourth-order valence-corrected chi connectivity index (χ4v) is 3.45. The maximum Gasteiger partial charge on any atom is 0.324 e. The molecule has 3 aromatic rings. The molecule has 8 heteroatoms. The summed E-state index contributed by atoms with van der Waals surface area (Å²) in [4.78, 5) is 25.6. The van der Waals surface area contributed by atoms with Gasteiger partial charge in [-0.05, 0) is 25.5 Å². The van der Waals surface area contributed by atoms with Gasteiger partial charge in [0.25, 0.3) is 0 Å². The van der Waals surface area contributed by atoms with Gasteiger partial charge in [0.15, 0.2) is 0 Å². The first kappa shape index (κ1) is 18.4. The number of fused-ring (bicyclic) bond motifs is 1. The Hall–Kier alpha value is -3.00. The molecule has 0 aliphatic carbocycles. The summed E-state index contributed by atoms with van der Waals surface area (Å²) in [6, 6.07) is 6.35. The summed E-state index contributed by atoms with van der Waals surface area (Å²) in [5.74, 6) is 0.326. The molecular weight excluding hydrogens is 354 g/mol. The maximum absolute atomic E-state index is 12.6. The van der Waals surface area contributed by atoms with Crippen molar-refractivity contribution in [1.29, 1.82) is 0 Å². The Morgan fingerprint density at radius 3 is 2.57 bits per heavy atom. The number of benzene rings is 1. The zero-order chi connectivity index (χ0) is 19.7. The van der Waals surface area contributed by atoms with Crippen LogP contribution >= 0.6 is 0 Å². The molecule has 146 valence electrons. The van der Waals surface area contributed by atoms with E-state index in [0.717, 1.165) is 35.1 Å². The van der Waals surface area contributed by atoms with Gasteiger partial charge in [-0.1, -0.05) is 12.1 Å². The van der Waals surface area contributed by atoms with Crippen LogP contribution in [0.1, 0.15) is 13.8 Å². The highest BCUT2D eigenvalue weighted by Crippen LogP contribution is 2.23. The van der Waals surface area contributed by atoms with Crippen LogP contribution in [0.2, 0.25) is 0 Å². The molecule has 1 saturated heterocycles. The van der Waals surface area contributed by atoms with Crippen molar-refractivity contribution in [2.75, 3.05) is 31.5 Å². The lowest BCUT2D eigenvalue weighted by Crippen LogP contribution is -2.51. The fourth-order valence-electron chi connectivity index (χ4n) is 3.45. The number of carbonyl (C=O) groups is 1. The minimum Gasteiger partial charge on any atom is -0.322 e. The van der Waals surface area contributed by atoms with Crippen LogP contribution in [0.4, 0.5) is 10.7 Å². The van der Waals surface area contributed by atoms with Gasteiger partial charge in [0.05, 0.1) is 11.7 Å². The van der Waals surface area contributed by atoms with Crippen molar-refractivity contribution in [2.24, 2.45) is 7.05 Å². The van der Waals surface area contributed by atoms with Crippen molar-refractivity contribution < 1.29 is 4.79 Å². The van der Waals surface area contributed by atoms with Crippen molar-refractivity contribution in [2.45, 2.75) is 19.9 Å². The molecule has 28 heavy (non-hydrogen) atoms. The zero-order valence-electron chi connectivity index (χ0n) is 16.5. The molecular formula is C20H25N7O. The summed E-state index contributed by atoms with van der Waals surface area (Å²) in [5, 5.41) is 7.98. The molecule has 8 nitrogen and oxygen atoms in total. The van der Waals surface area contributed by atoms with E-state index in [0.29, 0.717) is 25.1 Å². The molecule has 2 aromatic heterocycles. The largest absolute Gasteiger partial charge is 0.324 e. The third kappa shape index (κ3) is 3.82. The standard InChI is InChI=1S/C20H25N7O/c1-14(2)26-6-8-27(9-7-26)20(28)24-19-21-11-16-5-4-15(10-18(16)23-19)17-12-22-25(3)13-17/h4-5,10-14H,6-9H2,1-3H3,(H,21,23,24,28). The molecule has 0 spiro atoms. The predicted molar refractivity (Wildman–Crippen MR) is 109 cm³/mol. The highest BCUT2D eigenvalue weighted by molar-refractivity contribution is 5.90. The van der Waals surface area contributed by atoms with E-state index in [9.17, 15) is 4.79 Å². The minimum atomic E-state index is -0.147. The van der Waals surface area contributed by atoms with Gasteiger partial charge in [-0.3, -0.25) is 14.9 Å². The second kappa shape index (κ2) is 7.55. The topological polar surface area (TPSA) is 79.2 Å². The number of piperazine rings is 1. The highest BCUT2D eigenvalue weighted by atomic mass is 16.2. The molecule has 2 amide bonds. The zero-order valence-corrected chi connectivity index (χ0v) is 16.5. The molecule has 1 aromatic carbocycles. The van der Waals surface area contributed by atoms with E-state index in [1.807, 2.05) is 42.5 Å². The first-order valence-electron chi connectivity index (χ1n) is 9.55. The van der Waals surface area contributed by atoms with E-state index in [-0.39, 0.29) is 6.03 Å². The van der Waals surface area contributed by atoms with E-state index >= 15 is 0 Å². The second-order valence-electron chi connectivity index (χ2n) is 7.42. The van der Waals surface area contributed by atoms with Crippen LogP contribution in [0.15, 0.2) is 36.8 Å². The number of amides is 2. The van der Waals surface area contributed by atoms with Crippen molar-refractivity contribution in [3.8, 4) is 11.1 Å². The molecule has 4 rings (SSSR count). The average Bonchev–Trinajstić information content (AvgIpc) is 3.14. The molecule has 0 unspecified atom stereocenters. The van der Waals surface area contributed by atoms with Crippen molar-refractivity contribution in [3.63, 3.8) is 0 Å². The molecule has 1 N–H and O–H groups in total. The quantitative estimate of drug-likeness (QED) is 0.757. The van der Waals surface area contributed by atoms with E-state index < -0.39 is 0 Å². The van der Waals surface area contributed by atoms with Crippen molar-refractivity contribution >= 4 is 22.9 Å². The molecule has 1 fully saturated rings. The lowest BCUT2D eigenvalue weighted by molar-refractivity contribution is 0.125. The van der Waals surface area contributed by atoms with Crippen LogP contribution in [-0.4, -0.2) is 67.8 Å². The highest BCUT2D eigenvalue weighted by Gasteiger charge is 2.22. The van der Waals surface area contributed by atoms with Gasteiger partial charge in [-0.2, -0.15) is 5.10 Å². The molecule has 1 aliphatic heterocycles. The van der Waals surface area contributed by atoms with Gasteiger partial charge >= 0.3 is 6.03 Å². The Morgan fingerprint density at radius 1 is 1.11 bits per heavy atom. The lowest BCUT2D eigenvalue weighted by Gasteiger charge is -2.36.